The zero-order valence-electron chi connectivity index (χ0n) is 9.26. The summed E-state index contributed by atoms with van der Waals surface area (Å²) in [6, 6.07) is 10.3. The lowest BCUT2D eigenvalue weighted by molar-refractivity contribution is 0.628. The molecule has 0 N–H and O–H groups in total. The highest BCUT2D eigenvalue weighted by atomic mass is 19.1. The molecule has 0 saturated heterocycles. The van der Waals surface area contributed by atoms with E-state index in [9.17, 15) is 4.39 Å². The van der Waals surface area contributed by atoms with Gasteiger partial charge in [0, 0.05) is 6.20 Å². The molecule has 0 saturated carbocycles. The zero-order valence-corrected chi connectivity index (χ0v) is 9.26. The fraction of sp³-hybridized carbons (Fsp3) is 0.0769. The number of aromatic nitrogens is 3. The van der Waals surface area contributed by atoms with Crippen LogP contribution in [0.5, 0.6) is 0 Å². The van der Waals surface area contributed by atoms with E-state index in [1.165, 1.54) is 12.1 Å². The first-order valence-corrected chi connectivity index (χ1v) is 5.31. The van der Waals surface area contributed by atoms with Crippen LogP contribution in [0.1, 0.15) is 5.82 Å². The minimum Gasteiger partial charge on any atom is -0.286 e. The van der Waals surface area contributed by atoms with E-state index >= 15 is 0 Å². The first kappa shape index (κ1) is 9.96. The average molecular weight is 227 g/mol. The third kappa shape index (κ3) is 1.67. The highest BCUT2D eigenvalue weighted by Gasteiger charge is 2.04. The second kappa shape index (κ2) is 3.66. The number of hydrogen-bond acceptors (Lipinski definition) is 2. The van der Waals surface area contributed by atoms with Gasteiger partial charge < -0.3 is 0 Å². The highest BCUT2D eigenvalue weighted by Crippen LogP contribution is 2.20. The Hall–Kier alpha value is -2.23. The second-order valence-electron chi connectivity index (χ2n) is 3.90. The molecule has 1 aromatic carbocycles. The average Bonchev–Trinajstić information content (AvgIpc) is 2.71. The maximum Gasteiger partial charge on any atom is 0.160 e. The minimum atomic E-state index is -0.233. The van der Waals surface area contributed by atoms with Crippen LogP contribution in [-0.4, -0.2) is 14.6 Å². The van der Waals surface area contributed by atoms with E-state index in [4.69, 9.17) is 0 Å². The Labute approximate surface area is 97.5 Å². The highest BCUT2D eigenvalue weighted by molar-refractivity contribution is 5.64. The van der Waals surface area contributed by atoms with Crippen LogP contribution in [0.3, 0.4) is 0 Å². The molecule has 0 unspecified atom stereocenters. The molecule has 0 spiro atoms. The van der Waals surface area contributed by atoms with E-state index in [1.54, 1.807) is 6.07 Å². The minimum absolute atomic E-state index is 0.233. The molecule has 0 atom stereocenters. The van der Waals surface area contributed by atoms with E-state index in [0.717, 1.165) is 22.6 Å². The van der Waals surface area contributed by atoms with Gasteiger partial charge in [-0.05, 0) is 42.3 Å². The Balaban J connectivity index is 2.20. The smallest absolute Gasteiger partial charge is 0.160 e. The molecular weight excluding hydrogens is 217 g/mol. The van der Waals surface area contributed by atoms with Gasteiger partial charge in [-0.3, -0.25) is 4.40 Å². The van der Waals surface area contributed by atoms with Crippen LogP contribution >= 0.6 is 0 Å². The summed E-state index contributed by atoms with van der Waals surface area (Å²) < 4.78 is 15.0. The van der Waals surface area contributed by atoms with Crippen molar-refractivity contribution in [2.75, 3.05) is 0 Å². The fourth-order valence-electron chi connectivity index (χ4n) is 1.84. The summed E-state index contributed by atoms with van der Waals surface area (Å²) in [7, 11) is 0. The molecule has 0 aliphatic carbocycles. The molecule has 0 aliphatic rings. The summed E-state index contributed by atoms with van der Waals surface area (Å²) >= 11 is 0. The Kier molecular flexibility index (Phi) is 2.14. The number of fused-ring (bicyclic) bond motifs is 1. The van der Waals surface area contributed by atoms with E-state index in [2.05, 4.69) is 10.2 Å². The van der Waals surface area contributed by atoms with Crippen molar-refractivity contribution in [2.24, 2.45) is 0 Å². The number of hydrogen-bond donors (Lipinski definition) is 0. The number of aryl methyl sites for hydroxylation is 1. The van der Waals surface area contributed by atoms with Crippen LogP contribution in [0, 0.1) is 12.7 Å². The molecule has 0 fully saturated rings. The van der Waals surface area contributed by atoms with E-state index < -0.39 is 0 Å². The monoisotopic (exact) mass is 227 g/mol. The van der Waals surface area contributed by atoms with Gasteiger partial charge >= 0.3 is 0 Å². The van der Waals surface area contributed by atoms with Gasteiger partial charge in [0.1, 0.15) is 11.6 Å². The van der Waals surface area contributed by atoms with Crippen molar-refractivity contribution in [2.45, 2.75) is 6.92 Å². The molecule has 2 heterocycles. The van der Waals surface area contributed by atoms with E-state index in [-0.39, 0.29) is 5.82 Å². The van der Waals surface area contributed by atoms with Gasteiger partial charge in [0.15, 0.2) is 5.65 Å². The molecule has 3 nitrogen and oxygen atoms in total. The third-order valence-electron chi connectivity index (χ3n) is 2.73. The molecule has 0 aliphatic heterocycles. The summed E-state index contributed by atoms with van der Waals surface area (Å²) in [6.07, 6.45) is 1.92. The number of rotatable bonds is 1. The lowest BCUT2D eigenvalue weighted by atomic mass is 10.1. The van der Waals surface area contributed by atoms with Crippen LogP contribution in [0.4, 0.5) is 4.39 Å². The zero-order chi connectivity index (χ0) is 11.8. The molecule has 3 rings (SSSR count). The van der Waals surface area contributed by atoms with Gasteiger partial charge in [0.25, 0.3) is 0 Å². The van der Waals surface area contributed by atoms with E-state index in [0.29, 0.717) is 0 Å². The van der Waals surface area contributed by atoms with Crippen molar-refractivity contribution in [1.82, 2.24) is 14.6 Å². The third-order valence-corrected chi connectivity index (χ3v) is 2.73. The Morgan fingerprint density at radius 2 is 1.94 bits per heavy atom. The molecule has 17 heavy (non-hydrogen) atoms. The number of nitrogens with zero attached hydrogens (tertiary/aromatic N) is 3. The fourth-order valence-corrected chi connectivity index (χ4v) is 1.84. The topological polar surface area (TPSA) is 30.2 Å². The summed E-state index contributed by atoms with van der Waals surface area (Å²) in [4.78, 5) is 0. The second-order valence-corrected chi connectivity index (χ2v) is 3.90. The van der Waals surface area contributed by atoms with Crippen molar-refractivity contribution in [3.05, 3.63) is 54.2 Å². The Bertz CT molecular complexity index is 688. The summed E-state index contributed by atoms with van der Waals surface area (Å²) in [6.45, 7) is 1.88. The number of benzene rings is 1. The maximum atomic E-state index is 13.2. The molecule has 0 bridgehead atoms. The molecule has 84 valence electrons. The van der Waals surface area contributed by atoms with Crippen molar-refractivity contribution >= 4 is 5.65 Å². The standard InChI is InChI=1S/C13H10FN3/c1-9-15-16-13-6-5-11(8-17(9)13)10-3-2-4-12(14)7-10/h2-8H,1H3. The summed E-state index contributed by atoms with van der Waals surface area (Å²) in [5.74, 6) is 0.585. The summed E-state index contributed by atoms with van der Waals surface area (Å²) in [5, 5.41) is 8.00. The Morgan fingerprint density at radius 3 is 2.76 bits per heavy atom. The maximum absolute atomic E-state index is 13.2. The van der Waals surface area contributed by atoms with Crippen molar-refractivity contribution < 1.29 is 4.39 Å². The molecule has 0 amide bonds. The first-order chi connectivity index (χ1) is 8.24. The predicted octanol–water partition coefficient (Wildman–Crippen LogP) is 2.84. The van der Waals surface area contributed by atoms with Crippen LogP contribution in [-0.2, 0) is 0 Å². The molecule has 3 aromatic rings. The summed E-state index contributed by atoms with van der Waals surface area (Å²) in [5.41, 5.74) is 2.59. The first-order valence-electron chi connectivity index (χ1n) is 5.31. The van der Waals surface area contributed by atoms with Gasteiger partial charge in [-0.2, -0.15) is 0 Å². The van der Waals surface area contributed by atoms with Crippen molar-refractivity contribution in [3.63, 3.8) is 0 Å². The van der Waals surface area contributed by atoms with Gasteiger partial charge in [0.05, 0.1) is 0 Å². The van der Waals surface area contributed by atoms with Gasteiger partial charge in [-0.15, -0.1) is 10.2 Å². The number of pyridine rings is 1. The van der Waals surface area contributed by atoms with Crippen LogP contribution < -0.4 is 0 Å². The molecular formula is C13H10FN3. The Morgan fingerprint density at radius 1 is 1.06 bits per heavy atom. The van der Waals surface area contributed by atoms with Gasteiger partial charge in [-0.1, -0.05) is 12.1 Å². The number of halogens is 1. The van der Waals surface area contributed by atoms with E-state index in [1.807, 2.05) is 35.7 Å². The lowest BCUT2D eigenvalue weighted by Gasteiger charge is -2.03. The van der Waals surface area contributed by atoms with Crippen LogP contribution in [0.15, 0.2) is 42.6 Å². The van der Waals surface area contributed by atoms with Crippen molar-refractivity contribution in [3.8, 4) is 11.1 Å². The predicted molar refractivity (Wildman–Crippen MR) is 63.1 cm³/mol. The lowest BCUT2D eigenvalue weighted by Crippen LogP contribution is -1.89. The molecule has 2 aromatic heterocycles. The largest absolute Gasteiger partial charge is 0.286 e. The van der Waals surface area contributed by atoms with Crippen molar-refractivity contribution in [1.29, 1.82) is 0 Å². The quantitative estimate of drug-likeness (QED) is 0.640. The van der Waals surface area contributed by atoms with Crippen LogP contribution in [0.2, 0.25) is 0 Å². The van der Waals surface area contributed by atoms with Gasteiger partial charge in [-0.25, -0.2) is 4.39 Å². The van der Waals surface area contributed by atoms with Crippen LogP contribution in [0.25, 0.3) is 16.8 Å². The molecule has 0 radical (unpaired) electrons. The normalized spacial score (nSPS) is 10.9. The molecule has 4 heteroatoms. The van der Waals surface area contributed by atoms with Gasteiger partial charge in [0.2, 0.25) is 0 Å². The SMILES string of the molecule is Cc1nnc2ccc(-c3cccc(F)c3)cn12.